The van der Waals surface area contributed by atoms with E-state index in [4.69, 9.17) is 23.2 Å². The van der Waals surface area contributed by atoms with Gasteiger partial charge in [-0.05, 0) is 37.3 Å². The predicted molar refractivity (Wildman–Crippen MR) is 69.2 cm³/mol. The van der Waals surface area contributed by atoms with E-state index in [9.17, 15) is 0 Å². The molecule has 1 aromatic heterocycles. The van der Waals surface area contributed by atoms with Crippen molar-refractivity contribution in [1.82, 2.24) is 9.97 Å². The van der Waals surface area contributed by atoms with Gasteiger partial charge >= 0.3 is 0 Å². The van der Waals surface area contributed by atoms with Crippen LogP contribution in [0.5, 0.6) is 0 Å². The monoisotopic (exact) mass is 261 g/mol. The molecule has 0 aliphatic heterocycles. The number of aromatic nitrogens is 2. The van der Waals surface area contributed by atoms with Crippen LogP contribution in [0.3, 0.4) is 0 Å². The normalized spacial score (nSPS) is 12.9. The summed E-state index contributed by atoms with van der Waals surface area (Å²) >= 11 is 11.7. The molecule has 1 atom stereocenters. The molecule has 1 N–H and O–H groups in total. The van der Waals surface area contributed by atoms with E-state index in [0.29, 0.717) is 22.8 Å². The number of nitrogens with one attached hydrogen (secondary N) is 1. The van der Waals surface area contributed by atoms with Gasteiger partial charge in [-0.1, -0.05) is 25.4 Å². The fraction of sp³-hybridized carbons (Fsp3) is 0.636. The molecule has 0 fully saturated rings. The third-order valence-corrected chi connectivity index (χ3v) is 2.73. The van der Waals surface area contributed by atoms with Gasteiger partial charge in [-0.15, -0.1) is 0 Å². The van der Waals surface area contributed by atoms with Crippen LogP contribution < -0.4 is 5.32 Å². The van der Waals surface area contributed by atoms with Crippen LogP contribution in [0.25, 0.3) is 0 Å². The molecule has 1 unspecified atom stereocenters. The summed E-state index contributed by atoms with van der Waals surface area (Å²) in [6.45, 7) is 6.53. The SMILES string of the molecule is CC(C)CCC(C)Nc1nc(Cl)ncc1Cl. The highest BCUT2D eigenvalue weighted by atomic mass is 35.5. The summed E-state index contributed by atoms with van der Waals surface area (Å²) in [5, 5.41) is 3.95. The summed E-state index contributed by atoms with van der Waals surface area (Å²) in [6.07, 6.45) is 3.76. The van der Waals surface area contributed by atoms with Crippen LogP contribution >= 0.6 is 23.2 Å². The lowest BCUT2D eigenvalue weighted by molar-refractivity contribution is 0.527. The van der Waals surface area contributed by atoms with Crippen LogP contribution in [0.15, 0.2) is 6.20 Å². The van der Waals surface area contributed by atoms with Gasteiger partial charge in [-0.25, -0.2) is 4.98 Å². The molecule has 0 saturated heterocycles. The minimum atomic E-state index is 0.211. The first-order valence-electron chi connectivity index (χ1n) is 5.43. The van der Waals surface area contributed by atoms with Gasteiger partial charge in [0.25, 0.3) is 0 Å². The van der Waals surface area contributed by atoms with Crippen molar-refractivity contribution in [2.24, 2.45) is 5.92 Å². The Morgan fingerprint density at radius 2 is 1.94 bits per heavy atom. The third-order valence-electron chi connectivity index (χ3n) is 2.27. The number of rotatable bonds is 5. The van der Waals surface area contributed by atoms with Crippen molar-refractivity contribution in [2.45, 2.75) is 39.7 Å². The largest absolute Gasteiger partial charge is 0.366 e. The summed E-state index contributed by atoms with van der Waals surface area (Å²) in [5.74, 6) is 1.31. The molecule has 5 heteroatoms. The molecule has 0 aliphatic carbocycles. The summed E-state index contributed by atoms with van der Waals surface area (Å²) in [5.41, 5.74) is 0. The predicted octanol–water partition coefficient (Wildman–Crippen LogP) is 4.02. The Bertz CT molecular complexity index is 342. The number of anilines is 1. The minimum absolute atomic E-state index is 0.211. The molecule has 0 radical (unpaired) electrons. The first-order valence-corrected chi connectivity index (χ1v) is 6.19. The highest BCUT2D eigenvalue weighted by Gasteiger charge is 2.08. The molecule has 16 heavy (non-hydrogen) atoms. The summed E-state index contributed by atoms with van der Waals surface area (Å²) in [4.78, 5) is 7.85. The zero-order valence-electron chi connectivity index (χ0n) is 9.80. The molecule has 0 aromatic carbocycles. The smallest absolute Gasteiger partial charge is 0.224 e. The average Bonchev–Trinajstić information content (AvgIpc) is 2.20. The second kappa shape index (κ2) is 6.26. The highest BCUT2D eigenvalue weighted by Crippen LogP contribution is 2.21. The molecule has 1 heterocycles. The van der Waals surface area contributed by atoms with Crippen molar-refractivity contribution in [3.63, 3.8) is 0 Å². The van der Waals surface area contributed by atoms with E-state index in [1.165, 1.54) is 12.6 Å². The molecule has 0 saturated carbocycles. The van der Waals surface area contributed by atoms with Crippen molar-refractivity contribution in [2.75, 3.05) is 5.32 Å². The Kier molecular flexibility index (Phi) is 5.29. The van der Waals surface area contributed by atoms with Crippen LogP contribution in [0, 0.1) is 5.92 Å². The van der Waals surface area contributed by atoms with Crippen LogP contribution in [-0.4, -0.2) is 16.0 Å². The van der Waals surface area contributed by atoms with Crippen LogP contribution in [0.1, 0.15) is 33.6 Å². The number of hydrogen-bond donors (Lipinski definition) is 1. The van der Waals surface area contributed by atoms with Crippen molar-refractivity contribution < 1.29 is 0 Å². The van der Waals surface area contributed by atoms with E-state index in [-0.39, 0.29) is 5.28 Å². The first-order chi connectivity index (χ1) is 7.49. The van der Waals surface area contributed by atoms with E-state index in [2.05, 4.69) is 36.1 Å². The van der Waals surface area contributed by atoms with Gasteiger partial charge < -0.3 is 5.32 Å². The number of hydrogen-bond acceptors (Lipinski definition) is 3. The maximum absolute atomic E-state index is 5.96. The summed E-state index contributed by atoms with van der Waals surface area (Å²) in [6, 6.07) is 0.325. The Hall–Kier alpha value is -0.540. The molecule has 1 aromatic rings. The molecule has 1 rings (SSSR count). The van der Waals surface area contributed by atoms with E-state index >= 15 is 0 Å². The Labute approximate surface area is 107 Å². The van der Waals surface area contributed by atoms with Crippen LogP contribution in [-0.2, 0) is 0 Å². The van der Waals surface area contributed by atoms with E-state index in [0.717, 1.165) is 6.42 Å². The summed E-state index contributed by atoms with van der Waals surface area (Å²) < 4.78 is 0. The van der Waals surface area contributed by atoms with Gasteiger partial charge in [-0.2, -0.15) is 4.98 Å². The van der Waals surface area contributed by atoms with Crippen LogP contribution in [0.4, 0.5) is 5.82 Å². The molecule has 0 amide bonds. The van der Waals surface area contributed by atoms with Crippen molar-refractivity contribution in [3.8, 4) is 0 Å². The first kappa shape index (κ1) is 13.5. The minimum Gasteiger partial charge on any atom is -0.366 e. The lowest BCUT2D eigenvalue weighted by Gasteiger charge is -2.16. The van der Waals surface area contributed by atoms with Gasteiger partial charge in [-0.3, -0.25) is 0 Å². The summed E-state index contributed by atoms with van der Waals surface area (Å²) in [7, 11) is 0. The Morgan fingerprint density at radius 3 is 2.56 bits per heavy atom. The maximum atomic E-state index is 5.96. The Balaban J connectivity index is 2.55. The quantitative estimate of drug-likeness (QED) is 0.814. The van der Waals surface area contributed by atoms with Gasteiger partial charge in [0.15, 0.2) is 0 Å². The average molecular weight is 262 g/mol. The van der Waals surface area contributed by atoms with Gasteiger partial charge in [0.1, 0.15) is 10.8 Å². The highest BCUT2D eigenvalue weighted by molar-refractivity contribution is 6.33. The molecule has 0 bridgehead atoms. The van der Waals surface area contributed by atoms with Crippen molar-refractivity contribution in [3.05, 3.63) is 16.5 Å². The van der Waals surface area contributed by atoms with Crippen LogP contribution in [0.2, 0.25) is 10.3 Å². The van der Waals surface area contributed by atoms with E-state index in [1.54, 1.807) is 0 Å². The molecule has 3 nitrogen and oxygen atoms in total. The second-order valence-electron chi connectivity index (χ2n) is 4.35. The van der Waals surface area contributed by atoms with E-state index in [1.807, 2.05) is 0 Å². The van der Waals surface area contributed by atoms with Crippen molar-refractivity contribution >= 4 is 29.0 Å². The fourth-order valence-electron chi connectivity index (χ4n) is 1.34. The number of halogens is 2. The zero-order valence-corrected chi connectivity index (χ0v) is 11.3. The fourth-order valence-corrected chi connectivity index (χ4v) is 1.61. The van der Waals surface area contributed by atoms with Gasteiger partial charge in [0, 0.05) is 6.04 Å². The molecule has 0 spiro atoms. The Morgan fingerprint density at radius 1 is 1.25 bits per heavy atom. The van der Waals surface area contributed by atoms with E-state index < -0.39 is 0 Å². The molecule has 0 aliphatic rings. The zero-order chi connectivity index (χ0) is 12.1. The lowest BCUT2D eigenvalue weighted by Crippen LogP contribution is -2.17. The molecular formula is C11H17Cl2N3. The number of nitrogens with zero attached hydrogens (tertiary/aromatic N) is 2. The maximum Gasteiger partial charge on any atom is 0.224 e. The topological polar surface area (TPSA) is 37.8 Å². The van der Waals surface area contributed by atoms with Gasteiger partial charge in [0.2, 0.25) is 5.28 Å². The standard InChI is InChI=1S/C11H17Cl2N3/c1-7(2)4-5-8(3)15-10-9(12)6-14-11(13)16-10/h6-8H,4-5H2,1-3H3,(H,14,15,16). The van der Waals surface area contributed by atoms with Crippen molar-refractivity contribution in [1.29, 1.82) is 0 Å². The lowest BCUT2D eigenvalue weighted by atomic mass is 10.0. The van der Waals surface area contributed by atoms with Gasteiger partial charge in [0.05, 0.1) is 6.20 Å². The second-order valence-corrected chi connectivity index (χ2v) is 5.10. The molecule has 90 valence electrons. The molecular weight excluding hydrogens is 245 g/mol. The third kappa shape index (κ3) is 4.54.